The molecule has 0 atom stereocenters. The predicted molar refractivity (Wildman–Crippen MR) is 85.8 cm³/mol. The Hall–Kier alpha value is -0.220. The minimum Gasteiger partial charge on any atom is -0.458 e. The minimum atomic E-state index is 0.579. The van der Waals surface area contributed by atoms with Gasteiger partial charge in [0.2, 0.25) is 0 Å². The quantitative estimate of drug-likeness (QED) is 0.701. The Kier molecular flexibility index (Phi) is 3.30. The lowest BCUT2D eigenvalue weighted by molar-refractivity contribution is 0.506. The fourth-order valence-electron chi connectivity index (χ4n) is 2.70. The molecule has 0 spiro atoms. The van der Waals surface area contributed by atoms with Crippen LogP contribution in [0, 0.1) is 0 Å². The lowest BCUT2D eigenvalue weighted by atomic mass is 10.1. The number of hydrogen-bond acceptors (Lipinski definition) is 2. The van der Waals surface area contributed by atoms with Crippen molar-refractivity contribution in [1.29, 1.82) is 0 Å². The fourth-order valence-corrected chi connectivity index (χ4v) is 3.74. The number of fused-ring (bicyclic) bond motifs is 1. The van der Waals surface area contributed by atoms with Gasteiger partial charge in [0.25, 0.3) is 0 Å². The van der Waals surface area contributed by atoms with Crippen LogP contribution < -0.4 is 5.32 Å². The fraction of sp³-hybridized carbons (Fsp3) is 0.467. The molecule has 106 valence electrons. The average Bonchev–Trinajstić information content (AvgIpc) is 3.32. The summed E-state index contributed by atoms with van der Waals surface area (Å²) in [6.07, 6.45) is 4.97. The maximum atomic E-state index is 6.48. The van der Waals surface area contributed by atoms with Crippen LogP contribution in [0.1, 0.15) is 42.9 Å². The van der Waals surface area contributed by atoms with E-state index in [0.29, 0.717) is 22.0 Å². The van der Waals surface area contributed by atoms with E-state index in [-0.39, 0.29) is 0 Å². The number of hydrogen-bond donors (Lipinski definition) is 1. The van der Waals surface area contributed by atoms with E-state index in [4.69, 9.17) is 27.6 Å². The first-order chi connectivity index (χ1) is 9.65. The van der Waals surface area contributed by atoms with Crippen molar-refractivity contribution < 1.29 is 4.42 Å². The number of halogens is 3. The highest BCUT2D eigenvalue weighted by molar-refractivity contribution is 9.10. The Balaban J connectivity index is 1.87. The molecule has 2 nitrogen and oxygen atoms in total. The van der Waals surface area contributed by atoms with Gasteiger partial charge >= 0.3 is 0 Å². The summed E-state index contributed by atoms with van der Waals surface area (Å²) in [5.74, 6) is 1.59. The van der Waals surface area contributed by atoms with Gasteiger partial charge in [0.05, 0.1) is 16.6 Å². The highest BCUT2D eigenvalue weighted by Gasteiger charge is 2.33. The molecule has 0 radical (unpaired) electrons. The van der Waals surface area contributed by atoms with Crippen LogP contribution in [0.3, 0.4) is 0 Å². The summed E-state index contributed by atoms with van der Waals surface area (Å²) in [5, 5.41) is 5.86. The Morgan fingerprint density at radius 1 is 1.25 bits per heavy atom. The van der Waals surface area contributed by atoms with Gasteiger partial charge in [-0.2, -0.15) is 0 Å². The van der Waals surface area contributed by atoms with Crippen LogP contribution in [-0.4, -0.2) is 6.04 Å². The van der Waals surface area contributed by atoms with E-state index < -0.39 is 0 Å². The van der Waals surface area contributed by atoms with Crippen LogP contribution in [0.15, 0.2) is 15.0 Å². The summed E-state index contributed by atoms with van der Waals surface area (Å²) >= 11 is 16.3. The second kappa shape index (κ2) is 4.91. The Bertz CT molecular complexity index is 689. The van der Waals surface area contributed by atoms with Crippen LogP contribution in [0.2, 0.25) is 10.0 Å². The summed E-state index contributed by atoms with van der Waals surface area (Å²) < 4.78 is 6.88. The third-order valence-electron chi connectivity index (χ3n) is 4.04. The molecule has 5 heteroatoms. The Labute approximate surface area is 135 Å². The molecule has 1 aromatic carbocycles. The van der Waals surface area contributed by atoms with Gasteiger partial charge in [0, 0.05) is 21.5 Å². The zero-order valence-electron chi connectivity index (χ0n) is 10.8. The third kappa shape index (κ3) is 2.29. The monoisotopic (exact) mass is 373 g/mol. The van der Waals surface area contributed by atoms with Gasteiger partial charge in [0.1, 0.15) is 5.76 Å². The molecule has 2 aliphatic rings. The Morgan fingerprint density at radius 3 is 2.65 bits per heavy atom. The van der Waals surface area contributed by atoms with Gasteiger partial charge in [-0.25, -0.2) is 0 Å². The Morgan fingerprint density at radius 2 is 2.00 bits per heavy atom. The van der Waals surface area contributed by atoms with Gasteiger partial charge in [0.15, 0.2) is 5.58 Å². The molecule has 1 N–H and O–H groups in total. The molecule has 0 amide bonds. The van der Waals surface area contributed by atoms with Crippen LogP contribution in [0.5, 0.6) is 0 Å². The second-order valence-corrected chi connectivity index (χ2v) is 7.37. The molecule has 0 unspecified atom stereocenters. The molecule has 2 aromatic rings. The van der Waals surface area contributed by atoms with E-state index in [1.807, 2.05) is 6.07 Å². The first-order valence-electron chi connectivity index (χ1n) is 6.97. The lowest BCUT2D eigenvalue weighted by Crippen LogP contribution is -2.15. The first-order valence-corrected chi connectivity index (χ1v) is 8.52. The zero-order valence-corrected chi connectivity index (χ0v) is 13.9. The molecule has 4 rings (SSSR count). The van der Waals surface area contributed by atoms with Gasteiger partial charge in [-0.1, -0.05) is 23.2 Å². The van der Waals surface area contributed by atoms with Crippen molar-refractivity contribution in [1.82, 2.24) is 5.32 Å². The van der Waals surface area contributed by atoms with Crippen molar-refractivity contribution in [2.24, 2.45) is 0 Å². The van der Waals surface area contributed by atoms with E-state index in [1.165, 1.54) is 31.2 Å². The van der Waals surface area contributed by atoms with Gasteiger partial charge in [-0.3, -0.25) is 0 Å². The van der Waals surface area contributed by atoms with Crippen LogP contribution in [-0.2, 0) is 6.54 Å². The highest BCUT2D eigenvalue weighted by Crippen LogP contribution is 2.50. The molecule has 1 heterocycles. The molecule has 0 aliphatic heterocycles. The summed E-state index contributed by atoms with van der Waals surface area (Å²) in [7, 11) is 0. The molecular weight excluding hydrogens is 361 g/mol. The van der Waals surface area contributed by atoms with Crippen molar-refractivity contribution >= 4 is 50.1 Å². The third-order valence-corrected chi connectivity index (χ3v) is 5.56. The highest BCUT2D eigenvalue weighted by atomic mass is 79.9. The van der Waals surface area contributed by atoms with Gasteiger partial charge in [-0.05, 0) is 53.6 Å². The summed E-state index contributed by atoms with van der Waals surface area (Å²) in [6, 6.07) is 2.47. The van der Waals surface area contributed by atoms with Crippen LogP contribution in [0.25, 0.3) is 11.0 Å². The van der Waals surface area contributed by atoms with Gasteiger partial charge in [-0.15, -0.1) is 0 Å². The predicted octanol–water partition coefficient (Wildman–Crippen LogP) is 5.63. The number of rotatable bonds is 4. The maximum Gasteiger partial charge on any atom is 0.154 e. The standard InChI is InChI=1S/C15H14BrCl2NO/c16-9-5-10(17)15-13(14(9)18)12(7-1-2-7)11(20-15)6-19-8-3-4-8/h5,7-8,19H,1-4,6H2. The van der Waals surface area contributed by atoms with Gasteiger partial charge < -0.3 is 9.73 Å². The molecule has 2 saturated carbocycles. The average molecular weight is 375 g/mol. The molecule has 2 fully saturated rings. The minimum absolute atomic E-state index is 0.579. The zero-order chi connectivity index (χ0) is 13.9. The second-order valence-electron chi connectivity index (χ2n) is 5.73. The molecular formula is C15H14BrCl2NO. The maximum absolute atomic E-state index is 6.48. The molecule has 1 aromatic heterocycles. The van der Waals surface area contributed by atoms with E-state index in [1.54, 1.807) is 0 Å². The lowest BCUT2D eigenvalue weighted by Gasteiger charge is -2.04. The SMILES string of the molecule is Clc1cc(Br)c(Cl)c2c(C3CC3)c(CNC3CC3)oc12. The van der Waals surface area contributed by atoms with Crippen molar-refractivity contribution in [3.63, 3.8) is 0 Å². The first kappa shape index (κ1) is 13.4. The van der Waals surface area contributed by atoms with Crippen LogP contribution >= 0.6 is 39.1 Å². The number of furan rings is 1. The number of nitrogens with one attached hydrogen (secondary N) is 1. The van der Waals surface area contributed by atoms with Crippen molar-refractivity contribution in [2.75, 3.05) is 0 Å². The van der Waals surface area contributed by atoms with Crippen molar-refractivity contribution in [3.05, 3.63) is 31.9 Å². The molecule has 2 aliphatic carbocycles. The van der Waals surface area contributed by atoms with E-state index in [2.05, 4.69) is 21.2 Å². The molecule has 0 saturated heterocycles. The summed E-state index contributed by atoms with van der Waals surface area (Å²) in [6.45, 7) is 0.773. The smallest absolute Gasteiger partial charge is 0.154 e. The largest absolute Gasteiger partial charge is 0.458 e. The van der Waals surface area contributed by atoms with E-state index >= 15 is 0 Å². The summed E-state index contributed by atoms with van der Waals surface area (Å²) in [4.78, 5) is 0. The molecule has 20 heavy (non-hydrogen) atoms. The molecule has 0 bridgehead atoms. The van der Waals surface area contributed by atoms with Crippen molar-refractivity contribution in [2.45, 2.75) is 44.2 Å². The summed E-state index contributed by atoms with van der Waals surface area (Å²) in [5.41, 5.74) is 2.00. The van der Waals surface area contributed by atoms with Crippen LogP contribution in [0.4, 0.5) is 0 Å². The van der Waals surface area contributed by atoms with E-state index in [0.717, 1.165) is 27.7 Å². The van der Waals surface area contributed by atoms with Crippen molar-refractivity contribution in [3.8, 4) is 0 Å². The van der Waals surface area contributed by atoms with E-state index in [9.17, 15) is 0 Å². The normalized spacial score (nSPS) is 18.9. The topological polar surface area (TPSA) is 25.2 Å². The number of benzene rings is 1.